The van der Waals surface area contributed by atoms with Crippen LogP contribution < -0.4 is 20.7 Å². The number of anilines is 1. The highest BCUT2D eigenvalue weighted by Gasteiger charge is 2.20. The Balaban J connectivity index is 2.52. The van der Waals surface area contributed by atoms with Gasteiger partial charge in [0.05, 0.1) is 6.61 Å². The van der Waals surface area contributed by atoms with E-state index in [1.165, 1.54) is 0 Å². The Bertz CT molecular complexity index is 555. The fourth-order valence-electron chi connectivity index (χ4n) is 1.81. The number of hydrogen-bond acceptors (Lipinski definition) is 4. The zero-order chi connectivity index (χ0) is 18.2. The Morgan fingerprint density at radius 1 is 1.21 bits per heavy atom. The number of rotatable bonds is 7. The minimum atomic E-state index is -0.648. The predicted molar refractivity (Wildman–Crippen MR) is 93.3 cm³/mol. The maximum atomic E-state index is 12.0. The van der Waals surface area contributed by atoms with Gasteiger partial charge in [0.15, 0.2) is 0 Å². The van der Waals surface area contributed by atoms with Crippen LogP contribution in [0.4, 0.5) is 10.5 Å². The Kier molecular flexibility index (Phi) is 7.51. The van der Waals surface area contributed by atoms with Gasteiger partial charge in [-0.3, -0.25) is 4.79 Å². The van der Waals surface area contributed by atoms with E-state index in [0.717, 1.165) is 0 Å². The molecule has 0 aliphatic rings. The Morgan fingerprint density at radius 2 is 1.92 bits per heavy atom. The lowest BCUT2D eigenvalue weighted by Gasteiger charge is -2.23. The Labute approximate surface area is 143 Å². The van der Waals surface area contributed by atoms with Gasteiger partial charge in [0.2, 0.25) is 5.91 Å². The fourth-order valence-corrected chi connectivity index (χ4v) is 1.81. The molecule has 0 aromatic heterocycles. The number of methoxy groups -OCH3 is 1. The number of carbonyl (C=O) groups excluding carboxylic acids is 2. The summed E-state index contributed by atoms with van der Waals surface area (Å²) in [6.45, 7) is 8.19. The molecular formula is C17H27N3O4. The van der Waals surface area contributed by atoms with E-state index in [0.29, 0.717) is 24.7 Å². The highest BCUT2D eigenvalue weighted by Crippen LogP contribution is 2.17. The second-order valence-corrected chi connectivity index (χ2v) is 6.43. The molecule has 0 spiro atoms. The number of urea groups is 1. The van der Waals surface area contributed by atoms with Crippen LogP contribution in [0.2, 0.25) is 0 Å². The molecule has 0 saturated carbocycles. The van der Waals surface area contributed by atoms with Gasteiger partial charge in [-0.25, -0.2) is 4.79 Å². The molecule has 7 heteroatoms. The minimum absolute atomic E-state index is 0.241. The predicted octanol–water partition coefficient (Wildman–Crippen LogP) is 2.14. The molecule has 7 nitrogen and oxygen atoms in total. The lowest BCUT2D eigenvalue weighted by molar-refractivity contribution is -0.123. The van der Waals surface area contributed by atoms with E-state index >= 15 is 0 Å². The van der Waals surface area contributed by atoms with Crippen LogP contribution in [0.1, 0.15) is 27.7 Å². The summed E-state index contributed by atoms with van der Waals surface area (Å²) < 4.78 is 10.4. The van der Waals surface area contributed by atoms with Gasteiger partial charge in [-0.2, -0.15) is 0 Å². The third-order valence-corrected chi connectivity index (χ3v) is 2.89. The number of benzene rings is 1. The van der Waals surface area contributed by atoms with Crippen molar-refractivity contribution >= 4 is 17.6 Å². The van der Waals surface area contributed by atoms with Crippen molar-refractivity contribution in [2.45, 2.75) is 39.3 Å². The van der Waals surface area contributed by atoms with Crippen LogP contribution in [0.15, 0.2) is 24.3 Å². The largest absolute Gasteiger partial charge is 0.491 e. The van der Waals surface area contributed by atoms with Crippen molar-refractivity contribution in [1.82, 2.24) is 10.6 Å². The second-order valence-electron chi connectivity index (χ2n) is 6.43. The van der Waals surface area contributed by atoms with E-state index in [4.69, 9.17) is 9.47 Å². The number of amides is 3. The van der Waals surface area contributed by atoms with Crippen molar-refractivity contribution in [2.24, 2.45) is 0 Å². The van der Waals surface area contributed by atoms with E-state index < -0.39 is 12.1 Å². The van der Waals surface area contributed by atoms with Crippen LogP contribution >= 0.6 is 0 Å². The van der Waals surface area contributed by atoms with Gasteiger partial charge in [-0.1, -0.05) is 6.07 Å². The van der Waals surface area contributed by atoms with Gasteiger partial charge in [0, 0.05) is 24.4 Å². The molecule has 0 aliphatic heterocycles. The summed E-state index contributed by atoms with van der Waals surface area (Å²) in [5.74, 6) is 0.387. The third-order valence-electron chi connectivity index (χ3n) is 2.89. The van der Waals surface area contributed by atoms with Crippen LogP contribution in [0.25, 0.3) is 0 Å². The third kappa shape index (κ3) is 7.82. The normalized spacial score (nSPS) is 12.2. The average molecular weight is 337 g/mol. The van der Waals surface area contributed by atoms with Gasteiger partial charge in [0.1, 0.15) is 18.4 Å². The zero-order valence-electron chi connectivity index (χ0n) is 14.9. The molecular weight excluding hydrogens is 310 g/mol. The molecule has 0 bridgehead atoms. The first kappa shape index (κ1) is 19.8. The molecule has 1 rings (SSSR count). The molecule has 1 atom stereocenters. The molecule has 0 heterocycles. The maximum Gasteiger partial charge on any atom is 0.319 e. The molecule has 3 N–H and O–H groups in total. The summed E-state index contributed by atoms with van der Waals surface area (Å²) in [6.07, 6.45) is 0. The van der Waals surface area contributed by atoms with Crippen LogP contribution in [0, 0.1) is 0 Å². The molecule has 0 aliphatic carbocycles. The fraction of sp³-hybridized carbons (Fsp3) is 0.529. The van der Waals surface area contributed by atoms with Crippen LogP contribution in [-0.4, -0.2) is 43.8 Å². The van der Waals surface area contributed by atoms with Gasteiger partial charge < -0.3 is 25.4 Å². The summed E-state index contributed by atoms with van der Waals surface area (Å²) in [5, 5.41) is 8.09. The van der Waals surface area contributed by atoms with E-state index in [2.05, 4.69) is 16.0 Å². The summed E-state index contributed by atoms with van der Waals surface area (Å²) in [7, 11) is 1.60. The molecule has 1 aromatic rings. The van der Waals surface area contributed by atoms with Crippen molar-refractivity contribution in [3.63, 3.8) is 0 Å². The summed E-state index contributed by atoms with van der Waals surface area (Å²) >= 11 is 0. The number of ether oxygens (including phenoxy) is 2. The summed E-state index contributed by atoms with van der Waals surface area (Å²) in [4.78, 5) is 24.0. The van der Waals surface area contributed by atoms with Crippen molar-refractivity contribution in [3.8, 4) is 5.75 Å². The van der Waals surface area contributed by atoms with E-state index in [-0.39, 0.29) is 11.4 Å². The zero-order valence-corrected chi connectivity index (χ0v) is 14.9. The van der Waals surface area contributed by atoms with Crippen LogP contribution in [0.3, 0.4) is 0 Å². The smallest absolute Gasteiger partial charge is 0.319 e. The second kappa shape index (κ2) is 9.12. The highest BCUT2D eigenvalue weighted by molar-refractivity contribution is 5.93. The lowest BCUT2D eigenvalue weighted by Crippen LogP contribution is -2.51. The highest BCUT2D eigenvalue weighted by atomic mass is 16.5. The summed E-state index contributed by atoms with van der Waals surface area (Å²) in [5.41, 5.74) is 0.225. The van der Waals surface area contributed by atoms with E-state index in [1.54, 1.807) is 38.3 Å². The molecule has 0 unspecified atom stereocenters. The van der Waals surface area contributed by atoms with Crippen LogP contribution in [-0.2, 0) is 9.53 Å². The quantitative estimate of drug-likeness (QED) is 0.665. The van der Waals surface area contributed by atoms with Gasteiger partial charge >= 0.3 is 6.03 Å². The van der Waals surface area contributed by atoms with Gasteiger partial charge in [0.25, 0.3) is 0 Å². The monoisotopic (exact) mass is 337 g/mol. The first-order chi connectivity index (χ1) is 11.2. The van der Waals surface area contributed by atoms with Crippen molar-refractivity contribution in [2.75, 3.05) is 25.6 Å². The maximum absolute atomic E-state index is 12.0. The minimum Gasteiger partial charge on any atom is -0.491 e. The number of carbonyl (C=O) groups is 2. The molecule has 0 fully saturated rings. The van der Waals surface area contributed by atoms with Gasteiger partial charge in [-0.15, -0.1) is 0 Å². The van der Waals surface area contributed by atoms with E-state index in [9.17, 15) is 9.59 Å². The van der Waals surface area contributed by atoms with Gasteiger partial charge in [-0.05, 0) is 39.8 Å². The molecule has 1 aromatic carbocycles. The van der Waals surface area contributed by atoms with E-state index in [1.807, 2.05) is 20.8 Å². The first-order valence-electron chi connectivity index (χ1n) is 7.82. The molecule has 134 valence electrons. The molecule has 3 amide bonds. The topological polar surface area (TPSA) is 88.7 Å². The first-order valence-corrected chi connectivity index (χ1v) is 7.82. The van der Waals surface area contributed by atoms with Crippen molar-refractivity contribution < 1.29 is 19.1 Å². The Hall–Kier alpha value is -2.28. The average Bonchev–Trinajstić information content (AvgIpc) is 2.46. The Morgan fingerprint density at radius 3 is 2.54 bits per heavy atom. The SMILES string of the molecule is COCCOc1cccc(NC(=O)N[C@@H](C)C(=O)NC(C)(C)C)c1. The molecule has 24 heavy (non-hydrogen) atoms. The van der Waals surface area contributed by atoms with Crippen molar-refractivity contribution in [3.05, 3.63) is 24.3 Å². The standard InChI is InChI=1S/C17H27N3O4/c1-12(15(21)20-17(2,3)4)18-16(22)19-13-7-6-8-14(11-13)24-10-9-23-5/h6-8,11-12H,9-10H2,1-5H3,(H,20,21)(H2,18,19,22)/t12-/m0/s1. The summed E-state index contributed by atoms with van der Waals surface area (Å²) in [6, 6.07) is 5.90. The van der Waals surface area contributed by atoms with Crippen LogP contribution in [0.5, 0.6) is 5.75 Å². The molecule has 0 radical (unpaired) electrons. The van der Waals surface area contributed by atoms with Crippen molar-refractivity contribution in [1.29, 1.82) is 0 Å². The molecule has 0 saturated heterocycles. The lowest BCUT2D eigenvalue weighted by atomic mass is 10.1. The number of nitrogens with one attached hydrogen (secondary N) is 3. The number of hydrogen-bond donors (Lipinski definition) is 3.